The highest BCUT2D eigenvalue weighted by molar-refractivity contribution is 5.89. The Morgan fingerprint density at radius 3 is 2.00 bits per heavy atom. The third-order valence-electron chi connectivity index (χ3n) is 1.99. The van der Waals surface area contributed by atoms with E-state index in [0.717, 1.165) is 0 Å². The van der Waals surface area contributed by atoms with E-state index in [9.17, 15) is 19.2 Å². The second kappa shape index (κ2) is 7.22. The van der Waals surface area contributed by atoms with Crippen LogP contribution in [0.5, 0.6) is 0 Å². The normalized spacial score (nSPS) is 13.4. The molecule has 0 fully saturated rings. The third-order valence-corrected chi connectivity index (χ3v) is 1.99. The van der Waals surface area contributed by atoms with Crippen LogP contribution < -0.4 is 11.1 Å². The van der Waals surface area contributed by atoms with Gasteiger partial charge in [0.15, 0.2) is 0 Å². The number of hydrogen-bond donors (Lipinski definition) is 5. The van der Waals surface area contributed by atoms with Crippen LogP contribution in [0.3, 0.4) is 0 Å². The van der Waals surface area contributed by atoms with Gasteiger partial charge in [-0.1, -0.05) is 0 Å². The number of nitrogens with one attached hydrogen (secondary N) is 1. The van der Waals surface area contributed by atoms with Gasteiger partial charge in [-0.15, -0.1) is 0 Å². The highest BCUT2D eigenvalue weighted by atomic mass is 16.4. The Labute approximate surface area is 102 Å². The summed E-state index contributed by atoms with van der Waals surface area (Å²) in [5.41, 5.74) is 5.22. The zero-order valence-electron chi connectivity index (χ0n) is 9.33. The minimum absolute atomic E-state index is 0.309. The number of hydrogen-bond acceptors (Lipinski definition) is 5. The fourth-order valence-electron chi connectivity index (χ4n) is 1.08. The van der Waals surface area contributed by atoms with Gasteiger partial charge in [-0.25, -0.2) is 4.79 Å². The summed E-state index contributed by atoms with van der Waals surface area (Å²) >= 11 is 0. The number of rotatable bonds is 8. The van der Waals surface area contributed by atoms with Crippen LogP contribution in [-0.2, 0) is 19.2 Å². The first-order valence-electron chi connectivity index (χ1n) is 4.96. The van der Waals surface area contributed by atoms with Gasteiger partial charge < -0.3 is 26.4 Å². The van der Waals surface area contributed by atoms with Gasteiger partial charge in [0, 0.05) is 6.42 Å². The van der Waals surface area contributed by atoms with Crippen LogP contribution in [0.2, 0.25) is 0 Å². The summed E-state index contributed by atoms with van der Waals surface area (Å²) < 4.78 is 0. The largest absolute Gasteiger partial charge is 0.481 e. The van der Waals surface area contributed by atoms with Crippen LogP contribution in [0.25, 0.3) is 0 Å². The SMILES string of the molecule is N[C@H](CC(=O)O)C(=O)N[C@@H](CCC(=O)O)C(=O)O. The van der Waals surface area contributed by atoms with Crippen molar-refractivity contribution < 1.29 is 34.5 Å². The Bertz CT molecular complexity index is 355. The molecule has 0 bridgehead atoms. The van der Waals surface area contributed by atoms with Crippen LogP contribution >= 0.6 is 0 Å². The maximum atomic E-state index is 11.3. The monoisotopic (exact) mass is 262 g/mol. The van der Waals surface area contributed by atoms with Gasteiger partial charge in [0.1, 0.15) is 6.04 Å². The third kappa shape index (κ3) is 6.43. The highest BCUT2D eigenvalue weighted by Gasteiger charge is 2.24. The predicted molar refractivity (Wildman–Crippen MR) is 56.7 cm³/mol. The molecule has 9 heteroatoms. The van der Waals surface area contributed by atoms with E-state index in [1.54, 1.807) is 0 Å². The van der Waals surface area contributed by atoms with Crippen LogP contribution in [0.4, 0.5) is 0 Å². The van der Waals surface area contributed by atoms with Crippen molar-refractivity contribution in [3.05, 3.63) is 0 Å². The van der Waals surface area contributed by atoms with Gasteiger partial charge >= 0.3 is 17.9 Å². The van der Waals surface area contributed by atoms with Gasteiger partial charge in [-0.2, -0.15) is 0 Å². The fraction of sp³-hybridized carbons (Fsp3) is 0.556. The molecule has 9 nitrogen and oxygen atoms in total. The summed E-state index contributed by atoms with van der Waals surface area (Å²) in [6, 6.07) is -2.79. The van der Waals surface area contributed by atoms with E-state index in [4.69, 9.17) is 21.1 Å². The molecule has 0 saturated carbocycles. The van der Waals surface area contributed by atoms with Crippen LogP contribution in [0, 0.1) is 0 Å². The minimum Gasteiger partial charge on any atom is -0.481 e. The topological polar surface area (TPSA) is 167 Å². The molecule has 0 aromatic heterocycles. The number of aliphatic carboxylic acids is 3. The second-order valence-electron chi connectivity index (χ2n) is 3.54. The first kappa shape index (κ1) is 15.8. The molecule has 0 aromatic carbocycles. The summed E-state index contributed by atoms with van der Waals surface area (Å²) in [4.78, 5) is 42.6. The molecule has 0 aliphatic heterocycles. The van der Waals surface area contributed by atoms with E-state index in [2.05, 4.69) is 0 Å². The fourth-order valence-corrected chi connectivity index (χ4v) is 1.08. The van der Waals surface area contributed by atoms with Gasteiger partial charge in [0.25, 0.3) is 0 Å². The van der Waals surface area contributed by atoms with Crippen molar-refractivity contribution in [1.82, 2.24) is 5.32 Å². The predicted octanol–water partition coefficient (Wildman–Crippen LogP) is -1.78. The van der Waals surface area contributed by atoms with Gasteiger partial charge in [-0.3, -0.25) is 14.4 Å². The van der Waals surface area contributed by atoms with Crippen molar-refractivity contribution >= 4 is 23.8 Å². The molecule has 6 N–H and O–H groups in total. The van der Waals surface area contributed by atoms with Crippen molar-refractivity contribution in [2.45, 2.75) is 31.3 Å². The highest BCUT2D eigenvalue weighted by Crippen LogP contribution is 1.99. The lowest BCUT2D eigenvalue weighted by Crippen LogP contribution is -2.49. The first-order valence-corrected chi connectivity index (χ1v) is 4.96. The molecule has 0 radical (unpaired) electrons. The van der Waals surface area contributed by atoms with Crippen LogP contribution in [0.15, 0.2) is 0 Å². The number of carboxylic acid groups (broad SMARTS) is 3. The second-order valence-corrected chi connectivity index (χ2v) is 3.54. The Morgan fingerprint density at radius 1 is 1.06 bits per heavy atom. The van der Waals surface area contributed by atoms with E-state index >= 15 is 0 Å². The summed E-state index contributed by atoms with van der Waals surface area (Å²) in [5.74, 6) is -4.86. The quantitative estimate of drug-likeness (QED) is 0.342. The maximum absolute atomic E-state index is 11.3. The lowest BCUT2D eigenvalue weighted by Gasteiger charge is -2.16. The van der Waals surface area contributed by atoms with Gasteiger partial charge in [0.05, 0.1) is 12.5 Å². The first-order chi connectivity index (χ1) is 8.23. The van der Waals surface area contributed by atoms with Crippen LogP contribution in [-0.4, -0.2) is 51.2 Å². The molecule has 0 aromatic rings. The summed E-state index contributed by atoms with van der Waals surface area (Å²) in [6.07, 6.45) is -1.39. The smallest absolute Gasteiger partial charge is 0.326 e. The molecule has 18 heavy (non-hydrogen) atoms. The van der Waals surface area contributed by atoms with E-state index in [-0.39, 0.29) is 6.42 Å². The number of carbonyl (C=O) groups is 4. The summed E-state index contributed by atoms with van der Waals surface area (Å²) in [5, 5.41) is 27.5. The number of carboxylic acids is 3. The molecular formula is C9H14N2O7. The summed E-state index contributed by atoms with van der Waals surface area (Å²) in [7, 11) is 0. The average Bonchev–Trinajstić information content (AvgIpc) is 2.21. The molecule has 0 unspecified atom stereocenters. The number of carbonyl (C=O) groups excluding carboxylic acids is 1. The summed E-state index contributed by atoms with van der Waals surface area (Å²) in [6.45, 7) is 0. The van der Waals surface area contributed by atoms with Gasteiger partial charge in [0.2, 0.25) is 5.91 Å². The standard InChI is InChI=1S/C9H14N2O7/c10-4(3-7(14)15)8(16)11-5(9(17)18)1-2-6(12)13/h4-5H,1-3,10H2,(H,11,16)(H,12,13)(H,14,15)(H,17,18)/t4-,5+/m1/s1. The Kier molecular flexibility index (Phi) is 6.35. The molecule has 0 aliphatic carbocycles. The zero-order chi connectivity index (χ0) is 14.3. The zero-order valence-corrected chi connectivity index (χ0v) is 9.33. The minimum atomic E-state index is -1.41. The number of nitrogens with two attached hydrogens (primary N) is 1. The molecular weight excluding hydrogens is 248 g/mol. The lowest BCUT2D eigenvalue weighted by atomic mass is 10.1. The van der Waals surface area contributed by atoms with Crippen molar-refractivity contribution in [3.8, 4) is 0 Å². The van der Waals surface area contributed by atoms with E-state index in [0.29, 0.717) is 0 Å². The Morgan fingerprint density at radius 2 is 1.61 bits per heavy atom. The van der Waals surface area contributed by atoms with Crippen LogP contribution in [0.1, 0.15) is 19.3 Å². The Hall–Kier alpha value is -2.16. The van der Waals surface area contributed by atoms with Crippen molar-refractivity contribution in [2.75, 3.05) is 0 Å². The molecule has 0 rings (SSSR count). The van der Waals surface area contributed by atoms with E-state index in [1.807, 2.05) is 5.32 Å². The molecule has 0 heterocycles. The maximum Gasteiger partial charge on any atom is 0.326 e. The van der Waals surface area contributed by atoms with E-state index in [1.165, 1.54) is 0 Å². The Balaban J connectivity index is 4.40. The average molecular weight is 262 g/mol. The molecule has 0 saturated heterocycles. The molecule has 1 amide bonds. The molecule has 2 atom stereocenters. The molecule has 0 spiro atoms. The van der Waals surface area contributed by atoms with Crippen molar-refractivity contribution in [2.24, 2.45) is 5.73 Å². The van der Waals surface area contributed by atoms with Gasteiger partial charge in [-0.05, 0) is 6.42 Å². The lowest BCUT2D eigenvalue weighted by molar-refractivity contribution is -0.143. The molecule has 102 valence electrons. The molecule has 0 aliphatic rings. The number of amides is 1. The van der Waals surface area contributed by atoms with E-state index < -0.39 is 48.7 Å². The van der Waals surface area contributed by atoms with Crippen molar-refractivity contribution in [3.63, 3.8) is 0 Å². The van der Waals surface area contributed by atoms with Crippen molar-refractivity contribution in [1.29, 1.82) is 0 Å².